The molecule has 1 nitrogen and oxygen atoms in total. The topological polar surface area (TPSA) is 20.2 Å². The number of hydrogen-bond acceptors (Lipinski definition) is 1. The molecule has 0 spiro atoms. The van der Waals surface area contributed by atoms with Crippen molar-refractivity contribution >= 4 is 0 Å². The Labute approximate surface area is 62.4 Å². The molecule has 3 atom stereocenters. The largest absolute Gasteiger partial charge is 0.393 e. The monoisotopic (exact) mass is 140 g/mol. The lowest BCUT2D eigenvalue weighted by atomic mass is 9.80. The molecule has 0 aromatic heterocycles. The molecule has 2 aliphatic rings. The maximum Gasteiger partial charge on any atom is 0.0571 e. The lowest BCUT2D eigenvalue weighted by Gasteiger charge is -2.29. The Morgan fingerprint density at radius 2 is 1.60 bits per heavy atom. The van der Waals surface area contributed by atoms with Crippen LogP contribution in [0.5, 0.6) is 0 Å². The molecule has 2 saturated carbocycles. The summed E-state index contributed by atoms with van der Waals surface area (Å²) >= 11 is 0. The van der Waals surface area contributed by atoms with Gasteiger partial charge in [0.1, 0.15) is 0 Å². The molecule has 1 heteroatoms. The predicted molar refractivity (Wildman–Crippen MR) is 40.7 cm³/mol. The van der Waals surface area contributed by atoms with Gasteiger partial charge in [-0.2, -0.15) is 0 Å². The van der Waals surface area contributed by atoms with E-state index in [9.17, 15) is 5.11 Å². The standard InChI is InChI=1S/C9H16O/c10-9-6-2-4-7-3-1-5-8(7)9/h7-10H,1-6H2/t7-,8+,9-/m1/s1. The van der Waals surface area contributed by atoms with E-state index in [1.54, 1.807) is 0 Å². The third kappa shape index (κ3) is 0.968. The first-order valence-electron chi connectivity index (χ1n) is 4.56. The Kier molecular flexibility index (Phi) is 1.69. The van der Waals surface area contributed by atoms with Gasteiger partial charge < -0.3 is 5.11 Å². The van der Waals surface area contributed by atoms with E-state index in [-0.39, 0.29) is 6.10 Å². The first kappa shape index (κ1) is 6.66. The van der Waals surface area contributed by atoms with Gasteiger partial charge in [-0.1, -0.05) is 19.3 Å². The van der Waals surface area contributed by atoms with E-state index in [2.05, 4.69) is 0 Å². The second kappa shape index (κ2) is 2.54. The average molecular weight is 140 g/mol. The zero-order valence-corrected chi connectivity index (χ0v) is 6.42. The summed E-state index contributed by atoms with van der Waals surface area (Å²) in [6, 6.07) is 0. The van der Waals surface area contributed by atoms with Crippen molar-refractivity contribution in [2.75, 3.05) is 0 Å². The van der Waals surface area contributed by atoms with Crippen molar-refractivity contribution < 1.29 is 5.11 Å². The van der Waals surface area contributed by atoms with Crippen LogP contribution in [0.15, 0.2) is 0 Å². The lowest BCUT2D eigenvalue weighted by molar-refractivity contribution is 0.0477. The van der Waals surface area contributed by atoms with Gasteiger partial charge in [0.05, 0.1) is 6.10 Å². The van der Waals surface area contributed by atoms with Gasteiger partial charge in [0.25, 0.3) is 0 Å². The van der Waals surface area contributed by atoms with E-state index in [1.165, 1.54) is 32.1 Å². The van der Waals surface area contributed by atoms with Gasteiger partial charge in [-0.05, 0) is 31.1 Å². The Bertz CT molecular complexity index is 122. The minimum absolute atomic E-state index is 0.0567. The number of aliphatic hydroxyl groups excluding tert-OH is 1. The molecule has 2 fully saturated rings. The second-order valence-corrected chi connectivity index (χ2v) is 3.85. The molecular formula is C9H16O. The smallest absolute Gasteiger partial charge is 0.0571 e. The number of hydrogen-bond donors (Lipinski definition) is 1. The summed E-state index contributed by atoms with van der Waals surface area (Å²) in [5.41, 5.74) is 0. The van der Waals surface area contributed by atoms with Crippen LogP contribution in [-0.4, -0.2) is 11.2 Å². The van der Waals surface area contributed by atoms with Crippen molar-refractivity contribution in [1.82, 2.24) is 0 Å². The molecule has 0 heterocycles. The highest BCUT2D eigenvalue weighted by Crippen LogP contribution is 2.41. The van der Waals surface area contributed by atoms with E-state index in [1.807, 2.05) is 0 Å². The molecule has 2 rings (SSSR count). The van der Waals surface area contributed by atoms with Gasteiger partial charge in [0.2, 0.25) is 0 Å². The van der Waals surface area contributed by atoms with Gasteiger partial charge in [-0.15, -0.1) is 0 Å². The average Bonchev–Trinajstić information content (AvgIpc) is 2.36. The molecule has 0 aromatic rings. The molecule has 2 aliphatic carbocycles. The normalized spacial score (nSPS) is 47.1. The van der Waals surface area contributed by atoms with Crippen LogP contribution in [0.2, 0.25) is 0 Å². The Hall–Kier alpha value is -0.0400. The Morgan fingerprint density at radius 1 is 0.900 bits per heavy atom. The van der Waals surface area contributed by atoms with Gasteiger partial charge in [0.15, 0.2) is 0 Å². The molecule has 0 aliphatic heterocycles. The first-order chi connectivity index (χ1) is 4.88. The predicted octanol–water partition coefficient (Wildman–Crippen LogP) is 1.95. The van der Waals surface area contributed by atoms with Crippen molar-refractivity contribution in [1.29, 1.82) is 0 Å². The highest BCUT2D eigenvalue weighted by atomic mass is 16.3. The summed E-state index contributed by atoms with van der Waals surface area (Å²) < 4.78 is 0. The van der Waals surface area contributed by atoms with Crippen LogP contribution in [0, 0.1) is 11.8 Å². The third-order valence-electron chi connectivity index (χ3n) is 3.29. The zero-order valence-electron chi connectivity index (χ0n) is 6.42. The molecule has 1 N–H and O–H groups in total. The van der Waals surface area contributed by atoms with E-state index in [0.29, 0.717) is 5.92 Å². The number of aliphatic hydroxyl groups is 1. The molecule has 0 saturated heterocycles. The van der Waals surface area contributed by atoms with Gasteiger partial charge in [0, 0.05) is 0 Å². The number of fused-ring (bicyclic) bond motifs is 1. The van der Waals surface area contributed by atoms with Crippen molar-refractivity contribution in [2.24, 2.45) is 11.8 Å². The van der Waals surface area contributed by atoms with Crippen molar-refractivity contribution in [3.8, 4) is 0 Å². The summed E-state index contributed by atoms with van der Waals surface area (Å²) in [6.45, 7) is 0. The van der Waals surface area contributed by atoms with E-state index in [4.69, 9.17) is 0 Å². The summed E-state index contributed by atoms with van der Waals surface area (Å²) in [5, 5.41) is 9.58. The van der Waals surface area contributed by atoms with E-state index < -0.39 is 0 Å². The van der Waals surface area contributed by atoms with Crippen LogP contribution < -0.4 is 0 Å². The molecule has 10 heavy (non-hydrogen) atoms. The maximum absolute atomic E-state index is 9.58. The molecular weight excluding hydrogens is 124 g/mol. The van der Waals surface area contributed by atoms with Gasteiger partial charge >= 0.3 is 0 Å². The zero-order chi connectivity index (χ0) is 6.97. The first-order valence-corrected chi connectivity index (χ1v) is 4.56. The summed E-state index contributed by atoms with van der Waals surface area (Å²) in [4.78, 5) is 0. The fourth-order valence-corrected chi connectivity index (χ4v) is 2.73. The van der Waals surface area contributed by atoms with Gasteiger partial charge in [-0.25, -0.2) is 0 Å². The third-order valence-corrected chi connectivity index (χ3v) is 3.29. The summed E-state index contributed by atoms with van der Waals surface area (Å²) in [5.74, 6) is 1.58. The van der Waals surface area contributed by atoms with Crippen LogP contribution >= 0.6 is 0 Å². The van der Waals surface area contributed by atoms with E-state index >= 15 is 0 Å². The minimum Gasteiger partial charge on any atom is -0.393 e. The highest BCUT2D eigenvalue weighted by molar-refractivity contribution is 4.86. The summed E-state index contributed by atoms with van der Waals surface area (Å²) in [7, 11) is 0. The van der Waals surface area contributed by atoms with Crippen molar-refractivity contribution in [2.45, 2.75) is 44.6 Å². The van der Waals surface area contributed by atoms with Crippen LogP contribution in [0.4, 0.5) is 0 Å². The van der Waals surface area contributed by atoms with E-state index in [0.717, 1.165) is 12.3 Å². The maximum atomic E-state index is 9.58. The van der Waals surface area contributed by atoms with Crippen molar-refractivity contribution in [3.05, 3.63) is 0 Å². The van der Waals surface area contributed by atoms with Crippen LogP contribution in [0.25, 0.3) is 0 Å². The van der Waals surface area contributed by atoms with Gasteiger partial charge in [-0.3, -0.25) is 0 Å². The van der Waals surface area contributed by atoms with Crippen LogP contribution in [-0.2, 0) is 0 Å². The fourth-order valence-electron chi connectivity index (χ4n) is 2.73. The molecule has 58 valence electrons. The minimum atomic E-state index is 0.0567. The molecule has 0 radical (unpaired) electrons. The quantitative estimate of drug-likeness (QED) is 0.545. The highest BCUT2D eigenvalue weighted by Gasteiger charge is 2.35. The lowest BCUT2D eigenvalue weighted by Crippen LogP contribution is -2.28. The molecule has 0 unspecified atom stereocenters. The van der Waals surface area contributed by atoms with Crippen molar-refractivity contribution in [3.63, 3.8) is 0 Å². The Morgan fingerprint density at radius 3 is 2.30 bits per heavy atom. The van der Waals surface area contributed by atoms with Crippen LogP contribution in [0.1, 0.15) is 38.5 Å². The fraction of sp³-hybridized carbons (Fsp3) is 1.00. The summed E-state index contributed by atoms with van der Waals surface area (Å²) in [6.07, 6.45) is 7.84. The second-order valence-electron chi connectivity index (χ2n) is 3.85. The molecule has 0 bridgehead atoms. The molecule has 0 aromatic carbocycles. The SMILES string of the molecule is O[C@@H]1CCC[C@H]2CCC[C@@H]21. The Balaban J connectivity index is 2.03. The number of rotatable bonds is 0. The molecule has 0 amide bonds. The van der Waals surface area contributed by atoms with Crippen LogP contribution in [0.3, 0.4) is 0 Å².